The number of methoxy groups -OCH3 is 1. The molecule has 3 atom stereocenters. The van der Waals surface area contributed by atoms with E-state index in [4.69, 9.17) is 25.8 Å². The lowest BCUT2D eigenvalue weighted by atomic mass is 9.91. The second-order valence-electron chi connectivity index (χ2n) is 4.40. The number of ether oxygens (including phenoxy) is 3. The first-order valence-electron chi connectivity index (χ1n) is 5.67. The largest absolute Gasteiger partial charge is 0.382 e. The maximum Gasteiger partial charge on any atom is 0.100 e. The fourth-order valence-corrected chi connectivity index (χ4v) is 2.12. The zero-order valence-electron chi connectivity index (χ0n) is 9.15. The predicted molar refractivity (Wildman–Crippen MR) is 58.3 cm³/mol. The Morgan fingerprint density at radius 3 is 2.60 bits per heavy atom. The van der Waals surface area contributed by atoms with Crippen LogP contribution in [0.3, 0.4) is 0 Å². The normalized spacial score (nSPS) is 35.2. The molecule has 88 valence electrons. The van der Waals surface area contributed by atoms with Crippen LogP contribution in [0.15, 0.2) is 0 Å². The van der Waals surface area contributed by atoms with Gasteiger partial charge in [0.15, 0.2) is 0 Å². The number of hydrogen-bond acceptors (Lipinski definition) is 3. The average molecular weight is 235 g/mol. The molecule has 2 saturated carbocycles. The highest BCUT2D eigenvalue weighted by atomic mass is 35.5. The van der Waals surface area contributed by atoms with Gasteiger partial charge in [0.25, 0.3) is 0 Å². The number of rotatable bonds is 7. The van der Waals surface area contributed by atoms with Crippen LogP contribution in [0, 0.1) is 5.92 Å². The summed E-state index contributed by atoms with van der Waals surface area (Å²) < 4.78 is 16.3. The van der Waals surface area contributed by atoms with Gasteiger partial charge >= 0.3 is 0 Å². The monoisotopic (exact) mass is 234 g/mol. The van der Waals surface area contributed by atoms with Crippen molar-refractivity contribution in [3.05, 3.63) is 0 Å². The molecule has 0 radical (unpaired) electrons. The van der Waals surface area contributed by atoms with Crippen LogP contribution in [0.25, 0.3) is 0 Å². The van der Waals surface area contributed by atoms with Gasteiger partial charge < -0.3 is 14.2 Å². The summed E-state index contributed by atoms with van der Waals surface area (Å²) in [5, 5.41) is 0.117. The first-order valence-corrected chi connectivity index (χ1v) is 6.11. The molecule has 3 unspecified atom stereocenters. The first-order chi connectivity index (χ1) is 7.31. The molecule has 0 saturated heterocycles. The summed E-state index contributed by atoms with van der Waals surface area (Å²) in [6.07, 6.45) is 3.86. The zero-order valence-corrected chi connectivity index (χ0v) is 9.91. The molecule has 15 heavy (non-hydrogen) atoms. The van der Waals surface area contributed by atoms with E-state index in [-0.39, 0.29) is 17.6 Å². The van der Waals surface area contributed by atoms with Crippen LogP contribution in [0.1, 0.15) is 19.3 Å². The van der Waals surface area contributed by atoms with E-state index in [1.54, 1.807) is 7.11 Å². The molecule has 2 rings (SSSR count). The second kappa shape index (κ2) is 5.48. The van der Waals surface area contributed by atoms with E-state index in [0.29, 0.717) is 13.2 Å². The van der Waals surface area contributed by atoms with Crippen LogP contribution in [-0.4, -0.2) is 44.5 Å². The molecule has 0 aromatic heterocycles. The highest BCUT2D eigenvalue weighted by Gasteiger charge is 2.42. The lowest BCUT2D eigenvalue weighted by Crippen LogP contribution is -2.51. The van der Waals surface area contributed by atoms with Gasteiger partial charge in [-0.15, -0.1) is 11.6 Å². The Kier molecular flexibility index (Phi) is 4.26. The fourth-order valence-electron chi connectivity index (χ4n) is 1.71. The highest BCUT2D eigenvalue weighted by Crippen LogP contribution is 2.35. The average Bonchev–Trinajstić information content (AvgIpc) is 3.02. The van der Waals surface area contributed by atoms with Gasteiger partial charge in [0, 0.05) is 13.7 Å². The fraction of sp³-hybridized carbons (Fsp3) is 1.00. The van der Waals surface area contributed by atoms with Gasteiger partial charge in [-0.2, -0.15) is 0 Å². The Balaban J connectivity index is 1.61. The quantitative estimate of drug-likeness (QED) is 0.497. The van der Waals surface area contributed by atoms with E-state index in [0.717, 1.165) is 18.9 Å². The van der Waals surface area contributed by atoms with Gasteiger partial charge in [-0.1, -0.05) is 0 Å². The number of halogens is 1. The van der Waals surface area contributed by atoms with E-state index in [9.17, 15) is 0 Å². The lowest BCUT2D eigenvalue weighted by molar-refractivity contribution is -0.131. The van der Waals surface area contributed by atoms with E-state index in [2.05, 4.69) is 0 Å². The standard InChI is InChI=1S/C11H19ClO3/c1-13-4-5-14-11-9(12)6-10(11)15-7-8-2-3-8/h8-11H,2-7H2,1H3. The Labute approximate surface area is 96.0 Å². The van der Waals surface area contributed by atoms with Crippen molar-refractivity contribution in [1.29, 1.82) is 0 Å². The maximum absolute atomic E-state index is 6.07. The molecule has 0 heterocycles. The Morgan fingerprint density at radius 1 is 1.20 bits per heavy atom. The van der Waals surface area contributed by atoms with E-state index in [1.165, 1.54) is 12.8 Å². The summed E-state index contributed by atoms with van der Waals surface area (Å²) in [4.78, 5) is 0. The Morgan fingerprint density at radius 2 is 2.00 bits per heavy atom. The van der Waals surface area contributed by atoms with Crippen LogP contribution in [0.4, 0.5) is 0 Å². The van der Waals surface area contributed by atoms with E-state index >= 15 is 0 Å². The molecular weight excluding hydrogens is 216 g/mol. The molecule has 0 bridgehead atoms. The third-order valence-corrected chi connectivity index (χ3v) is 3.45. The van der Waals surface area contributed by atoms with Gasteiger partial charge in [0.05, 0.1) is 24.7 Å². The van der Waals surface area contributed by atoms with E-state index in [1.807, 2.05) is 0 Å². The molecule has 3 nitrogen and oxygen atoms in total. The molecule has 0 aliphatic heterocycles. The van der Waals surface area contributed by atoms with Crippen LogP contribution in [0.2, 0.25) is 0 Å². The van der Waals surface area contributed by atoms with Crippen molar-refractivity contribution in [2.45, 2.75) is 36.8 Å². The number of alkyl halides is 1. The van der Waals surface area contributed by atoms with E-state index < -0.39 is 0 Å². The molecule has 0 aromatic carbocycles. The second-order valence-corrected chi connectivity index (χ2v) is 4.96. The van der Waals surface area contributed by atoms with Crippen molar-refractivity contribution in [2.75, 3.05) is 26.9 Å². The highest BCUT2D eigenvalue weighted by molar-refractivity contribution is 6.21. The summed E-state index contributed by atoms with van der Waals surface area (Å²) >= 11 is 6.07. The lowest BCUT2D eigenvalue weighted by Gasteiger charge is -2.40. The summed E-state index contributed by atoms with van der Waals surface area (Å²) in [6.45, 7) is 2.11. The molecule has 2 aliphatic carbocycles. The van der Waals surface area contributed by atoms with Crippen molar-refractivity contribution < 1.29 is 14.2 Å². The van der Waals surface area contributed by atoms with Crippen molar-refractivity contribution in [3.63, 3.8) is 0 Å². The molecule has 0 aromatic rings. The Hall–Kier alpha value is 0.170. The topological polar surface area (TPSA) is 27.7 Å². The molecule has 0 amide bonds. The molecular formula is C11H19ClO3. The SMILES string of the molecule is COCCOC1C(Cl)CC1OCC1CC1. The van der Waals surface area contributed by atoms with Gasteiger partial charge in [-0.25, -0.2) is 0 Å². The number of hydrogen-bond donors (Lipinski definition) is 0. The van der Waals surface area contributed by atoms with Crippen molar-refractivity contribution in [3.8, 4) is 0 Å². The molecule has 0 spiro atoms. The minimum absolute atomic E-state index is 0.0700. The summed E-state index contributed by atoms with van der Waals surface area (Å²) in [5.41, 5.74) is 0. The summed E-state index contributed by atoms with van der Waals surface area (Å²) in [6, 6.07) is 0. The molecule has 2 fully saturated rings. The minimum atomic E-state index is 0.0700. The predicted octanol–water partition coefficient (Wildman–Crippen LogP) is 1.82. The van der Waals surface area contributed by atoms with Crippen LogP contribution in [-0.2, 0) is 14.2 Å². The van der Waals surface area contributed by atoms with Crippen LogP contribution >= 0.6 is 11.6 Å². The first kappa shape index (κ1) is 11.6. The van der Waals surface area contributed by atoms with Crippen molar-refractivity contribution >= 4 is 11.6 Å². The van der Waals surface area contributed by atoms with Crippen molar-refractivity contribution in [1.82, 2.24) is 0 Å². The summed E-state index contributed by atoms with van der Waals surface area (Å²) in [7, 11) is 1.67. The van der Waals surface area contributed by atoms with Gasteiger partial charge in [-0.3, -0.25) is 0 Å². The van der Waals surface area contributed by atoms with Crippen LogP contribution < -0.4 is 0 Å². The van der Waals surface area contributed by atoms with Crippen LogP contribution in [0.5, 0.6) is 0 Å². The third kappa shape index (κ3) is 3.31. The third-order valence-electron chi connectivity index (χ3n) is 3.02. The maximum atomic E-state index is 6.07. The van der Waals surface area contributed by atoms with Gasteiger partial charge in [0.1, 0.15) is 6.10 Å². The molecule has 2 aliphatic rings. The molecule has 0 N–H and O–H groups in total. The Bertz CT molecular complexity index is 196. The smallest absolute Gasteiger partial charge is 0.100 e. The van der Waals surface area contributed by atoms with Gasteiger partial charge in [-0.05, 0) is 25.2 Å². The van der Waals surface area contributed by atoms with Crippen molar-refractivity contribution in [2.24, 2.45) is 5.92 Å². The minimum Gasteiger partial charge on any atom is -0.382 e. The summed E-state index contributed by atoms with van der Waals surface area (Å²) in [5.74, 6) is 0.805. The molecule has 4 heteroatoms. The zero-order chi connectivity index (χ0) is 10.7. The van der Waals surface area contributed by atoms with Gasteiger partial charge in [0.2, 0.25) is 0 Å².